The molecule has 5 nitrogen and oxygen atoms in total. The predicted octanol–water partition coefficient (Wildman–Crippen LogP) is 4.59. The summed E-state index contributed by atoms with van der Waals surface area (Å²) in [5, 5.41) is 3.04. The minimum Gasteiger partial charge on any atom is -0.372 e. The summed E-state index contributed by atoms with van der Waals surface area (Å²) in [6.07, 6.45) is 2.57. The standard InChI is InChI=1S/C24H32N4O/c1-19-11-13-26(14-12-19)21-7-9-22(10-8-21)27-15-17-28(18-16-27)24(29)25-23-6-4-3-5-20(23)2/h3-10,19H,11-18H2,1-2H3,(H,25,29). The molecule has 0 radical (unpaired) electrons. The molecule has 0 unspecified atom stereocenters. The van der Waals surface area contributed by atoms with Gasteiger partial charge in [-0.25, -0.2) is 4.79 Å². The molecule has 154 valence electrons. The molecule has 2 aliphatic heterocycles. The van der Waals surface area contributed by atoms with Crippen molar-refractivity contribution in [3.63, 3.8) is 0 Å². The fourth-order valence-electron chi connectivity index (χ4n) is 4.22. The Hall–Kier alpha value is -2.69. The summed E-state index contributed by atoms with van der Waals surface area (Å²) in [5.41, 5.74) is 4.56. The van der Waals surface area contributed by atoms with Crippen LogP contribution >= 0.6 is 0 Å². The molecule has 29 heavy (non-hydrogen) atoms. The third kappa shape index (κ3) is 4.66. The van der Waals surface area contributed by atoms with Gasteiger partial charge in [-0.3, -0.25) is 0 Å². The van der Waals surface area contributed by atoms with Crippen molar-refractivity contribution in [3.8, 4) is 0 Å². The second kappa shape index (κ2) is 8.76. The van der Waals surface area contributed by atoms with Crippen molar-refractivity contribution in [2.45, 2.75) is 26.7 Å². The minimum atomic E-state index is -0.00590. The molecule has 0 bridgehead atoms. The van der Waals surface area contributed by atoms with Crippen LogP contribution in [0.25, 0.3) is 0 Å². The molecule has 2 heterocycles. The summed E-state index contributed by atoms with van der Waals surface area (Å²) in [7, 11) is 0. The number of nitrogens with one attached hydrogen (secondary N) is 1. The number of para-hydroxylation sites is 1. The largest absolute Gasteiger partial charge is 0.372 e. The van der Waals surface area contributed by atoms with Crippen LogP contribution < -0.4 is 15.1 Å². The number of hydrogen-bond donors (Lipinski definition) is 1. The van der Waals surface area contributed by atoms with Gasteiger partial charge in [0.25, 0.3) is 0 Å². The van der Waals surface area contributed by atoms with Crippen molar-refractivity contribution in [1.82, 2.24) is 4.90 Å². The number of amides is 2. The molecule has 0 atom stereocenters. The maximum absolute atomic E-state index is 12.6. The van der Waals surface area contributed by atoms with E-state index in [9.17, 15) is 4.79 Å². The van der Waals surface area contributed by atoms with Crippen LogP contribution in [0.2, 0.25) is 0 Å². The molecule has 0 spiro atoms. The SMILES string of the molecule is Cc1ccccc1NC(=O)N1CCN(c2ccc(N3CCC(C)CC3)cc2)CC1. The number of benzene rings is 2. The van der Waals surface area contributed by atoms with Gasteiger partial charge >= 0.3 is 6.03 Å². The number of piperidine rings is 1. The van der Waals surface area contributed by atoms with E-state index in [2.05, 4.69) is 46.3 Å². The summed E-state index contributed by atoms with van der Waals surface area (Å²) < 4.78 is 0. The summed E-state index contributed by atoms with van der Waals surface area (Å²) >= 11 is 0. The number of hydrogen-bond acceptors (Lipinski definition) is 3. The lowest BCUT2D eigenvalue weighted by Gasteiger charge is -2.36. The van der Waals surface area contributed by atoms with Crippen LogP contribution in [0, 0.1) is 12.8 Å². The van der Waals surface area contributed by atoms with Crippen molar-refractivity contribution in [3.05, 3.63) is 54.1 Å². The van der Waals surface area contributed by atoms with Crippen LogP contribution in [-0.4, -0.2) is 50.2 Å². The van der Waals surface area contributed by atoms with E-state index in [1.807, 2.05) is 36.1 Å². The second-order valence-corrected chi connectivity index (χ2v) is 8.41. The van der Waals surface area contributed by atoms with E-state index in [0.717, 1.165) is 56.4 Å². The molecular formula is C24H32N4O. The number of anilines is 3. The molecule has 1 N–H and O–H groups in total. The van der Waals surface area contributed by atoms with Gasteiger partial charge in [0, 0.05) is 56.3 Å². The Labute approximate surface area is 174 Å². The molecule has 2 amide bonds. The van der Waals surface area contributed by atoms with Gasteiger partial charge in [0.2, 0.25) is 0 Å². The lowest BCUT2D eigenvalue weighted by molar-refractivity contribution is 0.208. The normalized spacial score (nSPS) is 18.1. The average molecular weight is 393 g/mol. The Kier molecular flexibility index (Phi) is 5.93. The fourth-order valence-corrected chi connectivity index (χ4v) is 4.22. The molecule has 2 aliphatic rings. The minimum absolute atomic E-state index is 0.00590. The van der Waals surface area contributed by atoms with E-state index in [-0.39, 0.29) is 6.03 Å². The molecular weight excluding hydrogens is 360 g/mol. The molecule has 2 aromatic carbocycles. The highest BCUT2D eigenvalue weighted by Gasteiger charge is 2.22. The third-order valence-corrected chi connectivity index (χ3v) is 6.32. The molecule has 4 rings (SSSR count). The average Bonchev–Trinajstić information content (AvgIpc) is 2.76. The van der Waals surface area contributed by atoms with Crippen molar-refractivity contribution < 1.29 is 4.79 Å². The molecule has 0 aromatic heterocycles. The van der Waals surface area contributed by atoms with Gasteiger partial charge in [0.15, 0.2) is 0 Å². The molecule has 0 saturated carbocycles. The zero-order valence-corrected chi connectivity index (χ0v) is 17.6. The van der Waals surface area contributed by atoms with Crippen LogP contribution in [0.5, 0.6) is 0 Å². The van der Waals surface area contributed by atoms with Crippen molar-refractivity contribution in [1.29, 1.82) is 0 Å². The van der Waals surface area contributed by atoms with E-state index in [4.69, 9.17) is 0 Å². The van der Waals surface area contributed by atoms with Crippen LogP contribution in [0.1, 0.15) is 25.3 Å². The summed E-state index contributed by atoms with van der Waals surface area (Å²) in [6.45, 7) is 9.89. The van der Waals surface area contributed by atoms with Crippen LogP contribution in [0.3, 0.4) is 0 Å². The van der Waals surface area contributed by atoms with Crippen LogP contribution in [0.15, 0.2) is 48.5 Å². The van der Waals surface area contributed by atoms with E-state index < -0.39 is 0 Å². The van der Waals surface area contributed by atoms with Crippen molar-refractivity contribution >= 4 is 23.1 Å². The lowest BCUT2D eigenvalue weighted by Crippen LogP contribution is -2.50. The number of carbonyl (C=O) groups is 1. The summed E-state index contributed by atoms with van der Waals surface area (Å²) in [5.74, 6) is 0.852. The number of aryl methyl sites for hydroxylation is 1. The zero-order chi connectivity index (χ0) is 20.2. The number of rotatable bonds is 3. The molecule has 5 heteroatoms. The highest BCUT2D eigenvalue weighted by atomic mass is 16.2. The van der Waals surface area contributed by atoms with E-state index in [0.29, 0.717) is 0 Å². The first-order chi connectivity index (χ1) is 14.1. The first-order valence-electron chi connectivity index (χ1n) is 10.8. The first kappa shape index (κ1) is 19.6. The van der Waals surface area contributed by atoms with Crippen LogP contribution in [-0.2, 0) is 0 Å². The zero-order valence-electron chi connectivity index (χ0n) is 17.6. The lowest BCUT2D eigenvalue weighted by atomic mass is 9.99. The number of piperazine rings is 1. The van der Waals surface area contributed by atoms with E-state index in [1.165, 1.54) is 24.2 Å². The Balaban J connectivity index is 1.30. The molecule has 2 fully saturated rings. The maximum Gasteiger partial charge on any atom is 0.321 e. The van der Waals surface area contributed by atoms with Gasteiger partial charge in [-0.2, -0.15) is 0 Å². The third-order valence-electron chi connectivity index (χ3n) is 6.32. The van der Waals surface area contributed by atoms with Gasteiger partial charge in [-0.15, -0.1) is 0 Å². The van der Waals surface area contributed by atoms with Gasteiger partial charge in [-0.1, -0.05) is 25.1 Å². The predicted molar refractivity (Wildman–Crippen MR) is 121 cm³/mol. The Morgan fingerprint density at radius 2 is 1.38 bits per heavy atom. The Bertz CT molecular complexity index is 819. The molecule has 0 aliphatic carbocycles. The number of urea groups is 1. The summed E-state index contributed by atoms with van der Waals surface area (Å²) in [4.78, 5) is 19.4. The van der Waals surface area contributed by atoms with Crippen LogP contribution in [0.4, 0.5) is 21.9 Å². The highest BCUT2D eigenvalue weighted by Crippen LogP contribution is 2.26. The second-order valence-electron chi connectivity index (χ2n) is 8.41. The van der Waals surface area contributed by atoms with Crippen molar-refractivity contribution in [2.75, 3.05) is 54.4 Å². The first-order valence-corrected chi connectivity index (χ1v) is 10.8. The van der Waals surface area contributed by atoms with Gasteiger partial charge in [0.05, 0.1) is 0 Å². The smallest absolute Gasteiger partial charge is 0.321 e. The Morgan fingerprint density at radius 3 is 1.97 bits per heavy atom. The maximum atomic E-state index is 12.6. The highest BCUT2D eigenvalue weighted by molar-refractivity contribution is 5.90. The quantitative estimate of drug-likeness (QED) is 0.831. The number of nitrogens with zero attached hydrogens (tertiary/aromatic N) is 3. The fraction of sp³-hybridized carbons (Fsp3) is 0.458. The Morgan fingerprint density at radius 1 is 0.828 bits per heavy atom. The van der Waals surface area contributed by atoms with Gasteiger partial charge in [0.1, 0.15) is 0 Å². The number of carbonyl (C=O) groups excluding carboxylic acids is 1. The van der Waals surface area contributed by atoms with Gasteiger partial charge in [-0.05, 0) is 61.6 Å². The monoisotopic (exact) mass is 392 g/mol. The van der Waals surface area contributed by atoms with Crippen molar-refractivity contribution in [2.24, 2.45) is 5.92 Å². The topological polar surface area (TPSA) is 38.8 Å². The van der Waals surface area contributed by atoms with E-state index in [1.54, 1.807) is 0 Å². The molecule has 2 saturated heterocycles. The van der Waals surface area contributed by atoms with Gasteiger partial charge < -0.3 is 20.0 Å². The van der Waals surface area contributed by atoms with E-state index >= 15 is 0 Å². The molecule has 2 aromatic rings. The summed E-state index contributed by atoms with van der Waals surface area (Å²) in [6, 6.07) is 16.9.